The molecule has 1 aliphatic heterocycles. The number of hydrogen-bond donors (Lipinski definition) is 6. The number of rotatable bonds is 18. The molecule has 2 bridgehead atoms. The molecule has 0 saturated heterocycles. The second kappa shape index (κ2) is 22.8. The lowest BCUT2D eigenvalue weighted by Gasteiger charge is -2.57. The Balaban J connectivity index is 1.50. The summed E-state index contributed by atoms with van der Waals surface area (Å²) in [4.78, 5) is 12.3. The average Bonchev–Trinajstić information content (AvgIpc) is 3.60. The summed E-state index contributed by atoms with van der Waals surface area (Å²) in [5, 5.41) is 54.9. The number of fused-ring (bicyclic) bond motifs is 2. The lowest BCUT2D eigenvalue weighted by molar-refractivity contribution is -0.181. The first kappa shape index (κ1) is 48.6. The molecule has 0 aromatic heterocycles. The van der Waals surface area contributed by atoms with Gasteiger partial charge in [0.15, 0.2) is 0 Å². The Bertz CT molecular complexity index is 1870. The molecular formula is C53H76N2O6. The molecule has 2 aromatic carbocycles. The van der Waals surface area contributed by atoms with Crippen LogP contribution in [0.15, 0.2) is 113 Å². The van der Waals surface area contributed by atoms with Crippen molar-refractivity contribution in [2.24, 2.45) is 23.2 Å². The molecule has 0 amide bonds. The van der Waals surface area contributed by atoms with Crippen LogP contribution in [0.5, 0.6) is 0 Å². The van der Waals surface area contributed by atoms with E-state index in [-0.39, 0.29) is 24.0 Å². The van der Waals surface area contributed by atoms with Gasteiger partial charge in [-0.2, -0.15) is 0 Å². The van der Waals surface area contributed by atoms with Crippen molar-refractivity contribution in [1.29, 1.82) is 0 Å². The van der Waals surface area contributed by atoms with Crippen molar-refractivity contribution in [3.05, 3.63) is 130 Å². The quantitative estimate of drug-likeness (QED) is 0.0387. The molecule has 6 N–H and O–H groups in total. The first-order valence-electron chi connectivity index (χ1n) is 22.9. The number of aldehydes is 1. The maximum absolute atomic E-state index is 12.9. The number of ether oxygens (including phenoxy) is 1. The van der Waals surface area contributed by atoms with Crippen LogP contribution in [0, 0.1) is 23.2 Å². The Hall–Kier alpha value is -3.47. The van der Waals surface area contributed by atoms with E-state index in [2.05, 4.69) is 79.6 Å². The van der Waals surface area contributed by atoms with Crippen molar-refractivity contribution in [3.8, 4) is 0 Å². The highest BCUT2D eigenvalue weighted by Crippen LogP contribution is 2.64. The van der Waals surface area contributed by atoms with E-state index in [0.29, 0.717) is 76.5 Å². The number of carbonyl (C=O) groups is 1. The molecule has 2 aliphatic carbocycles. The van der Waals surface area contributed by atoms with E-state index >= 15 is 0 Å². The van der Waals surface area contributed by atoms with Crippen LogP contribution in [0.3, 0.4) is 0 Å². The number of methoxy groups -OCH3 is 1. The largest absolute Gasteiger partial charge is 0.396 e. The van der Waals surface area contributed by atoms with Gasteiger partial charge in [-0.25, -0.2) is 0 Å². The van der Waals surface area contributed by atoms with Crippen LogP contribution < -0.4 is 10.6 Å². The van der Waals surface area contributed by atoms with Crippen molar-refractivity contribution in [2.75, 3.05) is 40.5 Å². The Morgan fingerprint density at radius 1 is 1.11 bits per heavy atom. The molecule has 334 valence electrons. The van der Waals surface area contributed by atoms with Crippen molar-refractivity contribution < 1.29 is 30.0 Å². The van der Waals surface area contributed by atoms with E-state index in [1.165, 1.54) is 16.7 Å². The Morgan fingerprint density at radius 2 is 1.89 bits per heavy atom. The van der Waals surface area contributed by atoms with Gasteiger partial charge >= 0.3 is 0 Å². The van der Waals surface area contributed by atoms with Crippen molar-refractivity contribution in [2.45, 2.75) is 128 Å². The first-order chi connectivity index (χ1) is 29.3. The first-order valence-corrected chi connectivity index (χ1v) is 22.9. The summed E-state index contributed by atoms with van der Waals surface area (Å²) in [6.45, 7) is 13.0. The van der Waals surface area contributed by atoms with E-state index in [1.54, 1.807) is 7.11 Å². The number of hydrogen-bond acceptors (Lipinski definition) is 8. The van der Waals surface area contributed by atoms with Crippen molar-refractivity contribution >= 4 is 6.29 Å². The van der Waals surface area contributed by atoms with E-state index in [0.717, 1.165) is 60.8 Å². The van der Waals surface area contributed by atoms with Crippen LogP contribution >= 0.6 is 0 Å². The summed E-state index contributed by atoms with van der Waals surface area (Å²) in [5.74, 6) is -0.554. The monoisotopic (exact) mass is 837 g/mol. The van der Waals surface area contributed by atoms with Gasteiger partial charge in [-0.05, 0) is 158 Å². The summed E-state index contributed by atoms with van der Waals surface area (Å²) in [6, 6.07) is 19.1. The Kier molecular flexibility index (Phi) is 18.1. The molecule has 0 radical (unpaired) electrons. The third kappa shape index (κ3) is 12.0. The molecular weight excluding hydrogens is 761 g/mol. The van der Waals surface area contributed by atoms with Crippen LogP contribution in [-0.4, -0.2) is 90.5 Å². The van der Waals surface area contributed by atoms with Crippen molar-refractivity contribution in [1.82, 2.24) is 10.6 Å². The fraction of sp³-hybridized carbons (Fsp3) is 0.566. The van der Waals surface area contributed by atoms with Gasteiger partial charge in [0.2, 0.25) is 0 Å². The van der Waals surface area contributed by atoms with Crippen molar-refractivity contribution in [3.63, 3.8) is 0 Å². The number of aliphatic hydroxyl groups excluding tert-OH is 3. The highest BCUT2D eigenvalue weighted by molar-refractivity contribution is 5.74. The molecule has 0 unspecified atom stereocenters. The van der Waals surface area contributed by atoms with Crippen LogP contribution in [0.1, 0.15) is 102 Å². The fourth-order valence-electron chi connectivity index (χ4n) is 11.0. The van der Waals surface area contributed by atoms with E-state index in [4.69, 9.17) is 4.74 Å². The van der Waals surface area contributed by atoms with Gasteiger partial charge in [0, 0.05) is 43.7 Å². The predicted molar refractivity (Wildman–Crippen MR) is 248 cm³/mol. The molecule has 8 atom stereocenters. The predicted octanol–water partition coefficient (Wildman–Crippen LogP) is 7.95. The van der Waals surface area contributed by atoms with Gasteiger partial charge in [-0.15, -0.1) is 0 Å². The third-order valence-corrected chi connectivity index (χ3v) is 14.6. The zero-order chi connectivity index (χ0) is 44.0. The molecule has 5 rings (SSSR count). The zero-order valence-corrected chi connectivity index (χ0v) is 37.8. The molecule has 61 heavy (non-hydrogen) atoms. The number of aryl methyl sites for hydroxylation is 1. The summed E-state index contributed by atoms with van der Waals surface area (Å²) in [7, 11) is 3.63. The molecule has 8 heteroatoms. The minimum Gasteiger partial charge on any atom is -0.396 e. The standard InChI is InChI=1S/C53H76N2O6/c1-38-20-22-44(34-42-16-11-17-43(33-42)35-51(4,55-36-38)29-32-61-6)39(2)13-10-18-46(49(58)23-21-41-14-8-7-9-15-41)47-25-27-53(50(47)59)48(19-12-31-56)45(40(3)37-57)24-26-52(53,60)28-30-54-5/h7-11,13-18,20,33,37,44,47-50,54-56,58-60H,2,12,19,21-32,34-36H2,1,3-6H3/t44-,47-,48+,49-,50-,51+,52+,53-/m1/s1. The van der Waals surface area contributed by atoms with Gasteiger partial charge in [-0.1, -0.05) is 102 Å². The van der Waals surface area contributed by atoms with E-state index in [1.807, 2.05) is 44.3 Å². The summed E-state index contributed by atoms with van der Waals surface area (Å²) in [5.41, 5.74) is 6.12. The van der Waals surface area contributed by atoms with E-state index < -0.39 is 29.1 Å². The van der Waals surface area contributed by atoms with E-state index in [9.17, 15) is 25.2 Å². The summed E-state index contributed by atoms with van der Waals surface area (Å²) >= 11 is 0. The van der Waals surface area contributed by atoms with Crippen LogP contribution in [-0.2, 0) is 28.8 Å². The van der Waals surface area contributed by atoms with Gasteiger partial charge in [0.25, 0.3) is 0 Å². The molecule has 2 saturated carbocycles. The molecule has 8 nitrogen and oxygen atoms in total. The van der Waals surface area contributed by atoms with Crippen LogP contribution in [0.2, 0.25) is 0 Å². The average molecular weight is 837 g/mol. The Morgan fingerprint density at radius 3 is 2.61 bits per heavy atom. The number of allylic oxidation sites excluding steroid dienone is 7. The number of benzene rings is 2. The second-order valence-electron chi connectivity index (χ2n) is 18.7. The smallest absolute Gasteiger partial charge is 0.145 e. The maximum Gasteiger partial charge on any atom is 0.145 e. The normalized spacial score (nSPS) is 30.1. The van der Waals surface area contributed by atoms with Crippen LogP contribution in [0.25, 0.3) is 0 Å². The third-order valence-electron chi connectivity index (χ3n) is 14.6. The topological polar surface area (TPSA) is 131 Å². The lowest BCUT2D eigenvalue weighted by Crippen LogP contribution is -2.61. The number of carbonyl (C=O) groups excluding carboxylic acids is 1. The van der Waals surface area contributed by atoms with Gasteiger partial charge in [0.1, 0.15) is 6.29 Å². The fourth-order valence-corrected chi connectivity index (χ4v) is 11.0. The minimum atomic E-state index is -1.21. The summed E-state index contributed by atoms with van der Waals surface area (Å²) in [6.07, 6.45) is 15.8. The highest BCUT2D eigenvalue weighted by atomic mass is 16.5. The minimum absolute atomic E-state index is 0.0144. The molecule has 1 heterocycles. The van der Waals surface area contributed by atoms with Gasteiger partial charge in [0.05, 0.1) is 17.8 Å². The molecule has 2 fully saturated rings. The molecule has 2 aromatic rings. The number of aliphatic hydroxyl groups is 4. The zero-order valence-electron chi connectivity index (χ0n) is 37.8. The van der Waals surface area contributed by atoms with Gasteiger partial charge in [-0.3, -0.25) is 4.79 Å². The number of nitrogens with one attached hydrogen (secondary N) is 2. The summed E-state index contributed by atoms with van der Waals surface area (Å²) < 4.78 is 5.48. The van der Waals surface area contributed by atoms with Gasteiger partial charge < -0.3 is 35.8 Å². The second-order valence-corrected chi connectivity index (χ2v) is 18.7. The van der Waals surface area contributed by atoms with Crippen LogP contribution in [0.4, 0.5) is 0 Å². The Labute approximate surface area is 367 Å². The SMILES string of the molecule is C=C(C=CC=C([C@H](O)CCc1ccccc1)[C@H]1CC[C@]2([C@@H]1O)[C@@H](CCCO)C(=C(C)C=O)CC[C@]2(O)CCNC)[C@@H]1CC=C(C)CN[C@@](C)(CCOC)Cc2cccc(c2)C1. The molecule has 3 aliphatic rings. The lowest BCUT2D eigenvalue weighted by atomic mass is 9.51. The molecule has 1 spiro atoms. The highest BCUT2D eigenvalue weighted by Gasteiger charge is 2.65. The maximum atomic E-state index is 12.9.